The van der Waals surface area contributed by atoms with E-state index in [1.807, 2.05) is 0 Å². The predicted molar refractivity (Wildman–Crippen MR) is 91.0 cm³/mol. The predicted octanol–water partition coefficient (Wildman–Crippen LogP) is 3.97. The van der Waals surface area contributed by atoms with Gasteiger partial charge < -0.3 is 10.2 Å². The topological polar surface area (TPSA) is 41.1 Å². The van der Waals surface area contributed by atoms with Gasteiger partial charge in [0.25, 0.3) is 0 Å². The van der Waals surface area contributed by atoms with E-state index < -0.39 is 0 Å². The molecule has 2 aromatic rings. The third-order valence-corrected chi connectivity index (χ3v) is 4.96. The molecule has 2 heterocycles. The zero-order chi connectivity index (χ0) is 14.8. The van der Waals surface area contributed by atoms with Gasteiger partial charge >= 0.3 is 0 Å². The summed E-state index contributed by atoms with van der Waals surface area (Å²) in [6.45, 7) is 5.18. The lowest BCUT2D eigenvalue weighted by atomic mass is 10.1. The van der Waals surface area contributed by atoms with E-state index in [1.165, 1.54) is 24.6 Å². The molecule has 0 bridgehead atoms. The molecular weight excluding hydrogens is 327 g/mol. The lowest BCUT2D eigenvalue weighted by molar-refractivity contribution is 0.503. The number of rotatable bonds is 3. The molecule has 3 rings (SSSR count). The summed E-state index contributed by atoms with van der Waals surface area (Å²) < 4.78 is 8.71. The molecule has 1 fully saturated rings. The van der Waals surface area contributed by atoms with Crippen LogP contribution in [0, 0.1) is 0 Å². The smallest absolute Gasteiger partial charge is 0.131 e. The molecule has 0 radical (unpaired) electrons. The zero-order valence-electron chi connectivity index (χ0n) is 11.9. The molecule has 1 unspecified atom stereocenters. The van der Waals surface area contributed by atoms with E-state index in [1.54, 1.807) is 6.07 Å². The molecule has 1 N–H and O–H groups in total. The normalized spacial score (nSPS) is 20.0. The second-order valence-electron chi connectivity index (χ2n) is 5.39. The van der Waals surface area contributed by atoms with Crippen LogP contribution in [0.25, 0.3) is 11.0 Å². The largest absolute Gasteiger partial charge is 0.367 e. The number of halogens is 2. The van der Waals surface area contributed by atoms with E-state index in [-0.39, 0.29) is 0 Å². The van der Waals surface area contributed by atoms with Crippen LogP contribution in [0.2, 0.25) is 10.0 Å². The minimum absolute atomic E-state index is 0.492. The van der Waals surface area contributed by atoms with E-state index in [2.05, 4.69) is 25.9 Å². The fourth-order valence-corrected chi connectivity index (χ4v) is 4.13. The van der Waals surface area contributed by atoms with E-state index >= 15 is 0 Å². The monoisotopic (exact) mass is 344 g/mol. The zero-order valence-corrected chi connectivity index (χ0v) is 14.2. The first-order valence-corrected chi connectivity index (χ1v) is 8.78. The average Bonchev–Trinajstić information content (AvgIpc) is 2.81. The Balaban J connectivity index is 2.00. The van der Waals surface area contributed by atoms with Gasteiger partial charge in [-0.1, -0.05) is 36.5 Å². The minimum Gasteiger partial charge on any atom is -0.367 e. The molecule has 7 heteroatoms. The molecule has 1 aliphatic heterocycles. The Morgan fingerprint density at radius 3 is 2.95 bits per heavy atom. The number of aromatic nitrogens is 2. The van der Waals surface area contributed by atoms with Crippen molar-refractivity contribution in [3.05, 3.63) is 16.1 Å². The van der Waals surface area contributed by atoms with Gasteiger partial charge in [0, 0.05) is 19.1 Å². The van der Waals surface area contributed by atoms with Gasteiger partial charge in [-0.2, -0.15) is 8.75 Å². The highest BCUT2D eigenvalue weighted by Gasteiger charge is 2.23. The molecular formula is C14H18Cl2N4S. The maximum Gasteiger partial charge on any atom is 0.131 e. The maximum atomic E-state index is 6.47. The fraction of sp³-hybridized carbons (Fsp3) is 0.571. The van der Waals surface area contributed by atoms with Crippen molar-refractivity contribution in [1.29, 1.82) is 0 Å². The third-order valence-electron chi connectivity index (χ3n) is 3.85. The first-order valence-electron chi connectivity index (χ1n) is 7.29. The van der Waals surface area contributed by atoms with Crippen LogP contribution in [0.4, 0.5) is 5.69 Å². The van der Waals surface area contributed by atoms with Crippen molar-refractivity contribution in [1.82, 2.24) is 14.1 Å². The summed E-state index contributed by atoms with van der Waals surface area (Å²) in [6.07, 6.45) is 3.44. The van der Waals surface area contributed by atoms with Crippen LogP contribution in [-0.4, -0.2) is 34.4 Å². The Hall–Kier alpha value is -0.620. The van der Waals surface area contributed by atoms with Gasteiger partial charge in [-0.3, -0.25) is 0 Å². The van der Waals surface area contributed by atoms with Gasteiger partial charge in [0.15, 0.2) is 0 Å². The molecule has 0 amide bonds. The van der Waals surface area contributed by atoms with E-state index in [4.69, 9.17) is 23.2 Å². The van der Waals surface area contributed by atoms with Gasteiger partial charge in [-0.15, -0.1) is 0 Å². The summed E-state index contributed by atoms with van der Waals surface area (Å²) in [4.78, 5) is 2.34. The Morgan fingerprint density at radius 2 is 2.14 bits per heavy atom. The van der Waals surface area contributed by atoms with Crippen LogP contribution in [0.15, 0.2) is 6.07 Å². The second kappa shape index (κ2) is 6.65. The summed E-state index contributed by atoms with van der Waals surface area (Å²) >= 11 is 13.9. The third kappa shape index (κ3) is 3.11. The summed E-state index contributed by atoms with van der Waals surface area (Å²) in [7, 11) is 0. The Bertz CT molecular complexity index is 631. The van der Waals surface area contributed by atoms with Crippen molar-refractivity contribution in [3.8, 4) is 0 Å². The molecule has 1 aromatic heterocycles. The number of nitrogens with zero attached hydrogens (tertiary/aromatic N) is 3. The van der Waals surface area contributed by atoms with Gasteiger partial charge in [0.05, 0.1) is 27.5 Å². The van der Waals surface area contributed by atoms with Crippen molar-refractivity contribution < 1.29 is 0 Å². The van der Waals surface area contributed by atoms with Gasteiger partial charge in [0.2, 0.25) is 0 Å². The van der Waals surface area contributed by atoms with Crippen LogP contribution < -0.4 is 10.2 Å². The van der Waals surface area contributed by atoms with Gasteiger partial charge in [-0.25, -0.2) is 0 Å². The molecule has 1 aliphatic rings. The first kappa shape index (κ1) is 15.3. The highest BCUT2D eigenvalue weighted by Crippen LogP contribution is 2.38. The molecule has 1 saturated heterocycles. The number of benzene rings is 1. The summed E-state index contributed by atoms with van der Waals surface area (Å²) in [5.41, 5.74) is 2.56. The second-order valence-corrected chi connectivity index (χ2v) is 6.73. The highest BCUT2D eigenvalue weighted by molar-refractivity contribution is 7.00. The maximum absolute atomic E-state index is 6.47. The minimum atomic E-state index is 0.492. The van der Waals surface area contributed by atoms with E-state index in [0.717, 1.165) is 42.8 Å². The van der Waals surface area contributed by atoms with Crippen molar-refractivity contribution in [3.63, 3.8) is 0 Å². The summed E-state index contributed by atoms with van der Waals surface area (Å²) in [6, 6.07) is 2.28. The number of fused-ring (bicyclic) bond motifs is 1. The van der Waals surface area contributed by atoms with Crippen LogP contribution >= 0.6 is 34.9 Å². The van der Waals surface area contributed by atoms with Gasteiger partial charge in [0.1, 0.15) is 11.0 Å². The summed E-state index contributed by atoms with van der Waals surface area (Å²) in [5.74, 6) is 0. The van der Waals surface area contributed by atoms with E-state index in [9.17, 15) is 0 Å². The number of anilines is 1. The van der Waals surface area contributed by atoms with Crippen LogP contribution in [-0.2, 0) is 0 Å². The Kier molecular flexibility index (Phi) is 4.84. The molecule has 4 nitrogen and oxygen atoms in total. The molecule has 1 aromatic carbocycles. The van der Waals surface area contributed by atoms with Crippen LogP contribution in [0.3, 0.4) is 0 Å². The SMILES string of the molecule is CCCC1CN(c2c(Cl)cc(Cl)c3nsnc23)CCCN1. The standard InChI is InChI=1S/C14H18Cl2N4S/c1-2-4-9-8-20(6-3-5-17-9)14-11(16)7-10(15)12-13(14)19-21-18-12/h7,9,17H,2-6,8H2,1H3. The average molecular weight is 345 g/mol. The summed E-state index contributed by atoms with van der Waals surface area (Å²) in [5, 5.41) is 4.85. The lowest BCUT2D eigenvalue weighted by Crippen LogP contribution is -2.37. The Morgan fingerprint density at radius 1 is 1.33 bits per heavy atom. The van der Waals surface area contributed by atoms with Crippen LogP contribution in [0.1, 0.15) is 26.2 Å². The number of hydrogen-bond acceptors (Lipinski definition) is 5. The van der Waals surface area contributed by atoms with Crippen LogP contribution in [0.5, 0.6) is 0 Å². The van der Waals surface area contributed by atoms with Crippen molar-refractivity contribution in [2.45, 2.75) is 32.2 Å². The molecule has 1 atom stereocenters. The quantitative estimate of drug-likeness (QED) is 0.914. The molecule has 0 saturated carbocycles. The lowest BCUT2D eigenvalue weighted by Gasteiger charge is -2.27. The highest BCUT2D eigenvalue weighted by atomic mass is 35.5. The first-order chi connectivity index (χ1) is 10.2. The van der Waals surface area contributed by atoms with Crippen molar-refractivity contribution in [2.75, 3.05) is 24.5 Å². The van der Waals surface area contributed by atoms with Crippen molar-refractivity contribution in [2.24, 2.45) is 0 Å². The fourth-order valence-electron chi connectivity index (χ4n) is 2.91. The molecule has 0 spiro atoms. The van der Waals surface area contributed by atoms with Gasteiger partial charge in [-0.05, 0) is 25.5 Å². The number of nitrogens with one attached hydrogen (secondary N) is 1. The Labute approximate surface area is 138 Å². The number of hydrogen-bond donors (Lipinski definition) is 1. The molecule has 21 heavy (non-hydrogen) atoms. The molecule has 114 valence electrons. The van der Waals surface area contributed by atoms with E-state index in [0.29, 0.717) is 16.1 Å². The van der Waals surface area contributed by atoms with Crippen molar-refractivity contribution >= 4 is 51.7 Å². The molecule has 0 aliphatic carbocycles.